The summed E-state index contributed by atoms with van der Waals surface area (Å²) in [4.78, 5) is 25.1. The predicted molar refractivity (Wildman–Crippen MR) is 125 cm³/mol. The Labute approximate surface area is 199 Å². The van der Waals surface area contributed by atoms with Crippen molar-refractivity contribution in [2.75, 3.05) is 20.2 Å². The molecule has 0 unspecified atom stereocenters. The van der Waals surface area contributed by atoms with Gasteiger partial charge in [0.1, 0.15) is 17.2 Å². The van der Waals surface area contributed by atoms with Crippen LogP contribution in [0.25, 0.3) is 10.3 Å². The van der Waals surface area contributed by atoms with E-state index in [4.69, 9.17) is 4.74 Å². The molecule has 1 atom stereocenters. The molecule has 6 nitrogen and oxygen atoms in total. The molecule has 0 aliphatic carbocycles. The highest BCUT2D eigenvalue weighted by Gasteiger charge is 2.32. The van der Waals surface area contributed by atoms with Gasteiger partial charge in [-0.3, -0.25) is 4.79 Å². The van der Waals surface area contributed by atoms with Gasteiger partial charge >= 0.3 is 6.18 Å². The molecule has 1 aliphatic rings. The topological polar surface area (TPSA) is 59.7 Å². The number of nitrogens with zero attached hydrogens (tertiary/aromatic N) is 4. The van der Waals surface area contributed by atoms with Gasteiger partial charge in [-0.25, -0.2) is 4.98 Å². The van der Waals surface area contributed by atoms with Crippen LogP contribution in [0.1, 0.15) is 48.5 Å². The van der Waals surface area contributed by atoms with E-state index in [-0.39, 0.29) is 17.4 Å². The summed E-state index contributed by atoms with van der Waals surface area (Å²) in [5, 5.41) is 0. The predicted octanol–water partition coefficient (Wildman–Crippen LogP) is 5.13. The van der Waals surface area contributed by atoms with Crippen molar-refractivity contribution in [1.29, 1.82) is 0 Å². The average Bonchev–Trinajstić information content (AvgIpc) is 3.37. The first-order valence-corrected chi connectivity index (χ1v) is 12.2. The van der Waals surface area contributed by atoms with Crippen LogP contribution in [0, 0.1) is 0 Å². The number of ether oxygens (including phenoxy) is 1. The third kappa shape index (κ3) is 5.33. The lowest BCUT2D eigenvalue weighted by molar-refractivity contribution is -0.137. The quantitative estimate of drug-likeness (QED) is 0.459. The molecule has 182 valence electrons. The van der Waals surface area contributed by atoms with Gasteiger partial charge in [0, 0.05) is 18.8 Å². The van der Waals surface area contributed by atoms with Gasteiger partial charge in [-0.1, -0.05) is 24.7 Å². The fourth-order valence-electron chi connectivity index (χ4n) is 4.05. The Kier molecular flexibility index (Phi) is 7.37. The maximum Gasteiger partial charge on any atom is 0.416 e. The Bertz CT molecular complexity index is 1230. The van der Waals surface area contributed by atoms with Gasteiger partial charge in [0.15, 0.2) is 4.80 Å². The second-order valence-electron chi connectivity index (χ2n) is 8.43. The molecule has 1 saturated heterocycles. The normalized spacial score (nSPS) is 17.6. The Morgan fingerprint density at radius 3 is 2.85 bits per heavy atom. The minimum absolute atomic E-state index is 0.112. The molecule has 10 heteroatoms. The Balaban J connectivity index is 1.73. The molecular weight excluding hydrogens is 465 g/mol. The van der Waals surface area contributed by atoms with Crippen LogP contribution in [0.2, 0.25) is 0 Å². The zero-order valence-corrected chi connectivity index (χ0v) is 20.0. The molecule has 3 aromatic rings. The summed E-state index contributed by atoms with van der Waals surface area (Å²) >= 11 is 1.24. The minimum Gasteiger partial charge on any atom is -0.491 e. The second kappa shape index (κ2) is 10.3. The van der Waals surface area contributed by atoms with E-state index in [2.05, 4.69) is 21.8 Å². The zero-order chi connectivity index (χ0) is 24.3. The summed E-state index contributed by atoms with van der Waals surface area (Å²) in [6, 6.07) is 6.86. The number of rotatable bonds is 7. The molecule has 4 rings (SSSR count). The highest BCUT2D eigenvalue weighted by atomic mass is 32.1. The molecule has 0 spiro atoms. The van der Waals surface area contributed by atoms with Gasteiger partial charge in [-0.05, 0) is 63.2 Å². The summed E-state index contributed by atoms with van der Waals surface area (Å²) in [5.74, 6) is -0.654. The maximum atomic E-state index is 13.4. The number of fused-ring (bicyclic) bond motifs is 1. The first-order valence-electron chi connectivity index (χ1n) is 11.4. The van der Waals surface area contributed by atoms with E-state index in [0.717, 1.165) is 54.7 Å². The molecule has 0 saturated carbocycles. The smallest absolute Gasteiger partial charge is 0.416 e. The highest BCUT2D eigenvalue weighted by molar-refractivity contribution is 7.15. The fourth-order valence-corrected chi connectivity index (χ4v) is 5.05. The van der Waals surface area contributed by atoms with Gasteiger partial charge in [-0.15, -0.1) is 0 Å². The molecule has 1 amide bonds. The van der Waals surface area contributed by atoms with Gasteiger partial charge in [-0.2, -0.15) is 18.2 Å². The fraction of sp³-hybridized carbons (Fsp3) is 0.458. The largest absolute Gasteiger partial charge is 0.491 e. The van der Waals surface area contributed by atoms with E-state index >= 15 is 0 Å². The first-order chi connectivity index (χ1) is 16.3. The molecular formula is C24H27F3N4O2S. The lowest BCUT2D eigenvalue weighted by Crippen LogP contribution is -2.30. The Morgan fingerprint density at radius 2 is 2.15 bits per heavy atom. The van der Waals surface area contributed by atoms with Gasteiger partial charge in [0.25, 0.3) is 5.91 Å². The third-order valence-electron chi connectivity index (χ3n) is 6.03. The van der Waals surface area contributed by atoms with E-state index in [1.165, 1.54) is 17.4 Å². The molecule has 0 bridgehead atoms. The maximum absolute atomic E-state index is 13.4. The second-order valence-corrected chi connectivity index (χ2v) is 9.39. The number of carbonyl (C=O) groups excluding carboxylic acids is 1. The number of unbranched alkanes of at least 4 members (excludes halogenated alkanes) is 1. The van der Waals surface area contributed by atoms with E-state index in [1.54, 1.807) is 6.20 Å². The number of halogens is 3. The van der Waals surface area contributed by atoms with Crippen molar-refractivity contribution in [1.82, 2.24) is 14.5 Å². The third-order valence-corrected chi connectivity index (χ3v) is 7.04. The SMILES string of the molecule is CCCCn1/c(=N/C(=O)c2cc(C(F)(F)F)ccc2OC[C@@H]2CCCN2C)sc2ncccc21. The lowest BCUT2D eigenvalue weighted by Gasteiger charge is -2.20. The number of aromatic nitrogens is 2. The summed E-state index contributed by atoms with van der Waals surface area (Å²) in [5.41, 5.74) is -0.256. The molecule has 2 aromatic heterocycles. The number of thiazole rings is 1. The van der Waals surface area contributed by atoms with Crippen LogP contribution in [-0.2, 0) is 12.7 Å². The number of likely N-dealkylation sites (N-methyl/N-ethyl adjacent to an activating group) is 1. The van der Waals surface area contributed by atoms with Crippen LogP contribution in [0.5, 0.6) is 5.75 Å². The van der Waals surface area contributed by atoms with Crippen molar-refractivity contribution >= 4 is 27.6 Å². The Morgan fingerprint density at radius 1 is 1.32 bits per heavy atom. The van der Waals surface area contributed by atoms with Crippen molar-refractivity contribution in [3.8, 4) is 5.75 Å². The van der Waals surface area contributed by atoms with Crippen LogP contribution < -0.4 is 9.54 Å². The highest BCUT2D eigenvalue weighted by Crippen LogP contribution is 2.33. The standard InChI is InChI=1S/C24H27F3N4O2S/c1-3-4-13-31-19-8-5-11-28-22(19)34-23(31)29-21(32)18-14-16(24(25,26)27)9-10-20(18)33-15-17-7-6-12-30(17)2/h5,8-11,14,17H,3-4,6-7,12-13,15H2,1-2H3/b29-23-/t17-/m0/s1. The lowest BCUT2D eigenvalue weighted by atomic mass is 10.1. The molecule has 3 heterocycles. The van der Waals surface area contributed by atoms with Crippen molar-refractivity contribution in [2.45, 2.75) is 51.4 Å². The number of carbonyl (C=O) groups is 1. The average molecular weight is 493 g/mol. The van der Waals surface area contributed by atoms with Gasteiger partial charge < -0.3 is 14.2 Å². The number of alkyl halides is 3. The summed E-state index contributed by atoms with van der Waals surface area (Å²) < 4.78 is 48.0. The monoisotopic (exact) mass is 492 g/mol. The van der Waals surface area contributed by atoms with E-state index in [0.29, 0.717) is 18.0 Å². The van der Waals surface area contributed by atoms with Crippen LogP contribution in [-0.4, -0.2) is 46.6 Å². The van der Waals surface area contributed by atoms with Crippen molar-refractivity contribution in [2.24, 2.45) is 4.99 Å². The number of benzene rings is 1. The number of aryl methyl sites for hydroxylation is 1. The number of amides is 1. The van der Waals surface area contributed by atoms with Crippen LogP contribution in [0.15, 0.2) is 41.5 Å². The minimum atomic E-state index is -4.58. The number of likely N-dealkylation sites (tertiary alicyclic amines) is 1. The summed E-state index contributed by atoms with van der Waals surface area (Å²) in [6.45, 7) is 3.93. The zero-order valence-electron chi connectivity index (χ0n) is 19.1. The number of hydrogen-bond donors (Lipinski definition) is 0. The summed E-state index contributed by atoms with van der Waals surface area (Å²) in [7, 11) is 1.99. The molecule has 0 N–H and O–H groups in total. The molecule has 1 aromatic carbocycles. The summed E-state index contributed by atoms with van der Waals surface area (Å²) in [6.07, 6.45) is 0.872. The van der Waals surface area contributed by atoms with Crippen LogP contribution in [0.4, 0.5) is 13.2 Å². The van der Waals surface area contributed by atoms with Crippen molar-refractivity contribution in [3.05, 3.63) is 52.5 Å². The molecule has 0 radical (unpaired) electrons. The van der Waals surface area contributed by atoms with Gasteiger partial charge in [0.05, 0.1) is 16.6 Å². The van der Waals surface area contributed by atoms with Crippen LogP contribution >= 0.6 is 11.3 Å². The van der Waals surface area contributed by atoms with Gasteiger partial charge in [0.2, 0.25) is 0 Å². The molecule has 34 heavy (non-hydrogen) atoms. The number of hydrogen-bond acceptors (Lipinski definition) is 5. The van der Waals surface area contributed by atoms with Crippen LogP contribution in [0.3, 0.4) is 0 Å². The van der Waals surface area contributed by atoms with Crippen molar-refractivity contribution in [3.63, 3.8) is 0 Å². The molecule has 1 aliphatic heterocycles. The first kappa shape index (κ1) is 24.4. The molecule has 1 fully saturated rings. The Hall–Kier alpha value is -2.72. The van der Waals surface area contributed by atoms with E-state index < -0.39 is 17.6 Å². The van der Waals surface area contributed by atoms with Crippen molar-refractivity contribution < 1.29 is 22.7 Å². The number of pyridine rings is 1. The van der Waals surface area contributed by atoms with E-state index in [9.17, 15) is 18.0 Å². The van der Waals surface area contributed by atoms with E-state index in [1.807, 2.05) is 23.7 Å².